The van der Waals surface area contributed by atoms with Crippen LogP contribution in [-0.4, -0.2) is 18.9 Å². The van der Waals surface area contributed by atoms with E-state index < -0.39 is 16.4 Å². The third-order valence-electron chi connectivity index (χ3n) is 1.23. The van der Waals surface area contributed by atoms with Gasteiger partial charge in [-0.05, 0) is 16.5 Å². The number of carbonyl (C=O) groups excluding carboxylic acids is 1. The summed E-state index contributed by atoms with van der Waals surface area (Å²) in [6, 6.07) is 7.64. The monoisotopic (exact) mass is 234 g/mol. The minimum Gasteiger partial charge on any atom is -0.262 e. The smallest absolute Gasteiger partial charge is 0.262 e. The first kappa shape index (κ1) is 11.6. The van der Waals surface area contributed by atoms with Gasteiger partial charge in [0.1, 0.15) is 0 Å². The highest BCUT2D eigenvalue weighted by Crippen LogP contribution is 2.02. The summed E-state index contributed by atoms with van der Waals surface area (Å²) in [5, 5.41) is 3.53. The quantitative estimate of drug-likeness (QED) is 0.460. The van der Waals surface area contributed by atoms with Gasteiger partial charge in [-0.15, -0.1) is 0 Å². The van der Waals surface area contributed by atoms with E-state index in [1.165, 1.54) is 12.1 Å². The van der Waals surface area contributed by atoms with E-state index in [0.29, 0.717) is 0 Å². The van der Waals surface area contributed by atoms with Crippen LogP contribution in [0.4, 0.5) is 0 Å². The lowest BCUT2D eigenvalue weighted by Crippen LogP contribution is -2.10. The Balaban J connectivity index is 2.45. The third kappa shape index (κ3) is 4.51. The molecule has 1 rings (SSSR count). The summed E-state index contributed by atoms with van der Waals surface area (Å²) in [7, 11) is -4.80. The zero-order chi connectivity index (χ0) is 11.3. The predicted octanol–water partition coefficient (Wildman–Crippen LogP) is 0.509. The number of benzene rings is 1. The van der Waals surface area contributed by atoms with Crippen LogP contribution in [0.3, 0.4) is 0 Å². The highest BCUT2D eigenvalue weighted by atomic mass is 32.3. The first-order valence-electron chi connectivity index (χ1n) is 3.58. The second-order valence-electron chi connectivity index (χ2n) is 2.30. The average Bonchev–Trinajstić information content (AvgIpc) is 2.17. The molecule has 0 radical (unpaired) electrons. The van der Waals surface area contributed by atoms with Crippen molar-refractivity contribution in [3.8, 4) is 0 Å². The number of hydrogen-bond acceptors (Lipinski definition) is 6. The summed E-state index contributed by atoms with van der Waals surface area (Å²) in [5.74, 6) is -0.959. The summed E-state index contributed by atoms with van der Waals surface area (Å²) in [6.07, 6.45) is 0. The Hall–Kier alpha value is -1.48. The molecule has 1 aromatic carbocycles. The maximum atomic E-state index is 11.0. The molecule has 15 heavy (non-hydrogen) atoms. The Bertz CT molecular complexity index is 424. The van der Waals surface area contributed by atoms with Crippen molar-refractivity contribution in [3.05, 3.63) is 35.9 Å². The van der Waals surface area contributed by atoms with Crippen LogP contribution in [0.15, 0.2) is 30.3 Å². The molecule has 0 unspecified atom stereocenters. The molecule has 82 valence electrons. The van der Waals surface area contributed by atoms with Crippen LogP contribution in [0, 0.1) is 0 Å². The summed E-state index contributed by atoms with van der Waals surface area (Å²) < 4.78 is 31.3. The van der Waals surface area contributed by atoms with Crippen LogP contribution in [-0.2, 0) is 24.7 Å². The molecule has 0 fully saturated rings. The summed E-state index contributed by atoms with van der Waals surface area (Å²) in [4.78, 5) is 14.9. The van der Waals surface area contributed by atoms with E-state index in [9.17, 15) is 13.2 Å². The van der Waals surface area contributed by atoms with Crippen LogP contribution < -0.4 is 0 Å². The van der Waals surface area contributed by atoms with Gasteiger partial charge in [0, 0.05) is 5.04 Å². The zero-order valence-corrected chi connectivity index (χ0v) is 8.01. The third-order valence-corrected chi connectivity index (χ3v) is 1.46. The van der Waals surface area contributed by atoms with Crippen molar-refractivity contribution in [2.24, 2.45) is 0 Å². The van der Waals surface area contributed by atoms with Gasteiger partial charge in [0.15, 0.2) is 0 Å². The first-order chi connectivity index (χ1) is 6.99. The Labute approximate surface area is 85.0 Å². The van der Waals surface area contributed by atoms with E-state index in [0.717, 1.165) is 0 Å². The van der Waals surface area contributed by atoms with E-state index in [1.807, 2.05) is 0 Å². The summed E-state index contributed by atoms with van der Waals surface area (Å²) in [5.41, 5.74) is 0.136. The Morgan fingerprint density at radius 2 is 1.80 bits per heavy atom. The molecule has 0 saturated carbocycles. The molecule has 0 spiro atoms. The normalized spacial score (nSPS) is 11.0. The minimum absolute atomic E-state index is 0.136. The molecule has 0 aliphatic carbocycles. The van der Waals surface area contributed by atoms with Gasteiger partial charge in [0.05, 0.1) is 5.56 Å². The maximum absolute atomic E-state index is 11.0. The summed E-state index contributed by atoms with van der Waals surface area (Å²) >= 11 is 0. The number of hydrogen-bond donors (Lipinski definition) is 1. The van der Waals surface area contributed by atoms with Gasteiger partial charge >= 0.3 is 16.4 Å². The molecule has 0 heterocycles. The van der Waals surface area contributed by atoms with E-state index in [-0.39, 0.29) is 5.56 Å². The second-order valence-corrected chi connectivity index (χ2v) is 3.29. The van der Waals surface area contributed by atoms with E-state index >= 15 is 0 Å². The largest absolute Gasteiger partial charge is 0.427 e. The van der Waals surface area contributed by atoms with Gasteiger partial charge in [-0.1, -0.05) is 18.2 Å². The molecule has 0 aromatic heterocycles. The van der Waals surface area contributed by atoms with Crippen molar-refractivity contribution in [3.63, 3.8) is 0 Å². The molecule has 7 nitrogen and oxygen atoms in total. The topological polar surface area (TPSA) is 99.1 Å². The fraction of sp³-hybridized carbons (Fsp3) is 0. The lowest BCUT2D eigenvalue weighted by molar-refractivity contribution is -0.430. The lowest BCUT2D eigenvalue weighted by Gasteiger charge is -1.99. The molecular formula is C7H6O7S. The summed E-state index contributed by atoms with van der Waals surface area (Å²) in [6.45, 7) is 0. The zero-order valence-electron chi connectivity index (χ0n) is 7.19. The van der Waals surface area contributed by atoms with Crippen LogP contribution in [0.1, 0.15) is 10.4 Å². The fourth-order valence-corrected chi connectivity index (χ4v) is 0.800. The maximum Gasteiger partial charge on any atom is 0.427 e. The highest BCUT2D eigenvalue weighted by molar-refractivity contribution is 7.80. The first-order valence-corrected chi connectivity index (χ1v) is 4.95. The van der Waals surface area contributed by atoms with Crippen molar-refractivity contribution >= 4 is 16.4 Å². The Morgan fingerprint density at radius 3 is 2.33 bits per heavy atom. The van der Waals surface area contributed by atoms with E-state index in [4.69, 9.17) is 4.55 Å². The van der Waals surface area contributed by atoms with Crippen LogP contribution in [0.2, 0.25) is 0 Å². The average molecular weight is 234 g/mol. The molecule has 1 aromatic rings. The van der Waals surface area contributed by atoms with Gasteiger partial charge in [-0.2, -0.15) is 8.42 Å². The Morgan fingerprint density at radius 1 is 1.20 bits per heavy atom. The van der Waals surface area contributed by atoms with Crippen molar-refractivity contribution in [1.29, 1.82) is 0 Å². The Kier molecular flexibility index (Phi) is 3.74. The van der Waals surface area contributed by atoms with Crippen molar-refractivity contribution in [2.75, 3.05) is 0 Å². The van der Waals surface area contributed by atoms with Crippen LogP contribution in [0.25, 0.3) is 0 Å². The lowest BCUT2D eigenvalue weighted by atomic mass is 10.2. The van der Waals surface area contributed by atoms with Crippen LogP contribution >= 0.6 is 0 Å². The number of carbonyl (C=O) groups is 1. The van der Waals surface area contributed by atoms with Crippen LogP contribution in [0.5, 0.6) is 0 Å². The molecule has 0 aliphatic heterocycles. The van der Waals surface area contributed by atoms with Crippen molar-refractivity contribution in [1.82, 2.24) is 0 Å². The molecule has 1 N–H and O–H groups in total. The van der Waals surface area contributed by atoms with Crippen molar-refractivity contribution < 1.29 is 32.0 Å². The molecule has 0 aliphatic rings. The molecular weight excluding hydrogens is 228 g/mol. The fourth-order valence-electron chi connectivity index (χ4n) is 0.702. The van der Waals surface area contributed by atoms with Gasteiger partial charge in [-0.25, -0.2) is 4.79 Å². The van der Waals surface area contributed by atoms with Gasteiger partial charge in [0.25, 0.3) is 0 Å². The van der Waals surface area contributed by atoms with Gasteiger partial charge < -0.3 is 0 Å². The van der Waals surface area contributed by atoms with E-state index in [2.05, 4.69) is 14.3 Å². The minimum atomic E-state index is -4.80. The number of rotatable bonds is 4. The van der Waals surface area contributed by atoms with Gasteiger partial charge in [0.2, 0.25) is 0 Å². The molecule has 0 amide bonds. The van der Waals surface area contributed by atoms with E-state index in [1.54, 1.807) is 18.2 Å². The van der Waals surface area contributed by atoms with Crippen molar-refractivity contribution in [2.45, 2.75) is 0 Å². The molecule has 0 saturated heterocycles. The van der Waals surface area contributed by atoms with Gasteiger partial charge in [-0.3, -0.25) is 9.44 Å². The molecule has 0 atom stereocenters. The SMILES string of the molecule is O=C(OOOS(=O)(=O)O)c1ccccc1. The predicted molar refractivity (Wildman–Crippen MR) is 45.6 cm³/mol. The molecule has 8 heteroatoms. The standard InChI is InChI=1S/C7H6O7S/c8-7(6-4-2-1-3-5-6)12-13-14-15(9,10)11/h1-5H,(H,9,10,11). The highest BCUT2D eigenvalue weighted by Gasteiger charge is 2.11. The second kappa shape index (κ2) is 4.84. The molecule has 0 bridgehead atoms.